The predicted octanol–water partition coefficient (Wildman–Crippen LogP) is 3.34. The summed E-state index contributed by atoms with van der Waals surface area (Å²) in [6.45, 7) is 0.817. The Kier molecular flexibility index (Phi) is 3.46. The molecule has 1 aliphatic heterocycles. The average molecular weight is 333 g/mol. The number of carbonyl (C=O) groups excluding carboxylic acids is 1. The van der Waals surface area contributed by atoms with Gasteiger partial charge in [-0.25, -0.2) is 0 Å². The van der Waals surface area contributed by atoms with Crippen LogP contribution in [0.3, 0.4) is 0 Å². The van der Waals surface area contributed by atoms with Crippen molar-refractivity contribution in [2.75, 3.05) is 11.4 Å². The maximum atomic E-state index is 11.9. The molecule has 0 radical (unpaired) electrons. The number of piperidine rings is 1. The van der Waals surface area contributed by atoms with E-state index in [0.29, 0.717) is 0 Å². The summed E-state index contributed by atoms with van der Waals surface area (Å²) in [6, 6.07) is 7.85. The van der Waals surface area contributed by atoms with Gasteiger partial charge >= 0.3 is 0 Å². The monoisotopic (exact) mass is 331 g/mol. The lowest BCUT2D eigenvalue weighted by molar-refractivity contribution is -0.118. The van der Waals surface area contributed by atoms with Gasteiger partial charge in [-0.1, -0.05) is 37.9 Å². The molecule has 0 spiro atoms. The van der Waals surface area contributed by atoms with Crippen LogP contribution in [0.25, 0.3) is 0 Å². The van der Waals surface area contributed by atoms with E-state index in [2.05, 4.69) is 31.9 Å². The first-order valence-corrected chi connectivity index (χ1v) is 6.60. The molecule has 0 N–H and O–H groups in total. The molecule has 1 fully saturated rings. The maximum Gasteiger partial charge on any atom is 0.240 e. The van der Waals surface area contributed by atoms with Gasteiger partial charge in [0.2, 0.25) is 5.91 Å². The van der Waals surface area contributed by atoms with Crippen molar-refractivity contribution in [3.63, 3.8) is 0 Å². The van der Waals surface area contributed by atoms with E-state index in [1.807, 2.05) is 29.2 Å². The van der Waals surface area contributed by atoms with Crippen LogP contribution in [0.2, 0.25) is 0 Å². The number of alkyl halides is 1. The molecular weight excluding hydrogens is 322 g/mol. The van der Waals surface area contributed by atoms with Crippen LogP contribution in [0.4, 0.5) is 5.69 Å². The highest BCUT2D eigenvalue weighted by Crippen LogP contribution is 2.26. The molecule has 0 aromatic heterocycles. The van der Waals surface area contributed by atoms with Crippen molar-refractivity contribution in [3.05, 3.63) is 28.7 Å². The Balaban J connectivity index is 2.26. The number of anilines is 1. The van der Waals surface area contributed by atoms with E-state index in [1.54, 1.807) is 0 Å². The van der Waals surface area contributed by atoms with Gasteiger partial charge in [-0.15, -0.1) is 0 Å². The summed E-state index contributed by atoms with van der Waals surface area (Å²) in [5, 5.41) is 0. The van der Waals surface area contributed by atoms with Crippen LogP contribution in [0.1, 0.15) is 12.8 Å². The molecule has 1 saturated heterocycles. The van der Waals surface area contributed by atoms with Crippen molar-refractivity contribution in [3.8, 4) is 0 Å². The number of carbonyl (C=O) groups is 1. The Labute approximate surface area is 106 Å². The zero-order valence-electron chi connectivity index (χ0n) is 8.12. The normalized spacial score (nSPS) is 21.9. The molecule has 2 nitrogen and oxygen atoms in total. The van der Waals surface area contributed by atoms with Gasteiger partial charge in [0.15, 0.2) is 0 Å². The van der Waals surface area contributed by atoms with Crippen molar-refractivity contribution in [2.24, 2.45) is 0 Å². The number of hydrogen-bond acceptors (Lipinski definition) is 1. The molecule has 1 atom stereocenters. The van der Waals surface area contributed by atoms with Crippen LogP contribution >= 0.6 is 31.9 Å². The third-order valence-corrected chi connectivity index (χ3v) is 3.84. The number of nitrogens with zero attached hydrogens (tertiary/aromatic N) is 1. The van der Waals surface area contributed by atoms with E-state index in [9.17, 15) is 4.79 Å². The van der Waals surface area contributed by atoms with Gasteiger partial charge in [0, 0.05) is 16.7 Å². The molecule has 1 aromatic carbocycles. The van der Waals surface area contributed by atoms with Gasteiger partial charge in [0.05, 0.1) is 4.83 Å². The summed E-state index contributed by atoms with van der Waals surface area (Å²) in [5.41, 5.74) is 0.971. The van der Waals surface area contributed by atoms with Crippen molar-refractivity contribution in [1.29, 1.82) is 0 Å². The van der Waals surface area contributed by atoms with Gasteiger partial charge < -0.3 is 4.90 Å². The molecule has 1 aliphatic rings. The van der Waals surface area contributed by atoms with E-state index in [0.717, 1.165) is 29.5 Å². The number of hydrogen-bond donors (Lipinski definition) is 0. The standard InChI is InChI=1S/C11H11Br2NO/c12-8-3-1-4-9(7-8)14-6-2-5-10(13)11(14)15/h1,3-4,7,10H,2,5-6H2. The summed E-state index contributed by atoms with van der Waals surface area (Å²) >= 11 is 6.82. The minimum absolute atomic E-state index is 0.0229. The SMILES string of the molecule is O=C1C(Br)CCCN1c1cccc(Br)c1. The van der Waals surface area contributed by atoms with Crippen LogP contribution in [0.5, 0.6) is 0 Å². The minimum atomic E-state index is -0.0229. The molecule has 4 heteroatoms. The summed E-state index contributed by atoms with van der Waals surface area (Å²) in [7, 11) is 0. The first-order valence-electron chi connectivity index (χ1n) is 4.89. The zero-order chi connectivity index (χ0) is 10.8. The second kappa shape index (κ2) is 4.66. The van der Waals surface area contributed by atoms with Crippen molar-refractivity contribution >= 4 is 43.5 Å². The smallest absolute Gasteiger partial charge is 0.240 e. The van der Waals surface area contributed by atoms with E-state index < -0.39 is 0 Å². The molecule has 0 saturated carbocycles. The lowest BCUT2D eigenvalue weighted by Gasteiger charge is -2.29. The third kappa shape index (κ3) is 2.42. The largest absolute Gasteiger partial charge is 0.311 e. The Morgan fingerprint density at radius 1 is 1.40 bits per heavy atom. The van der Waals surface area contributed by atoms with Gasteiger partial charge in [-0.2, -0.15) is 0 Å². The van der Waals surface area contributed by atoms with Crippen LogP contribution in [0, 0.1) is 0 Å². The molecule has 15 heavy (non-hydrogen) atoms. The Hall–Kier alpha value is -0.350. The Bertz CT molecular complexity index is 381. The van der Waals surface area contributed by atoms with Crippen molar-refractivity contribution in [2.45, 2.75) is 17.7 Å². The first kappa shape index (κ1) is 11.1. The average Bonchev–Trinajstić information content (AvgIpc) is 2.22. The predicted molar refractivity (Wildman–Crippen MR) is 68.4 cm³/mol. The Morgan fingerprint density at radius 3 is 2.93 bits per heavy atom. The van der Waals surface area contributed by atoms with Gasteiger partial charge in [-0.3, -0.25) is 4.79 Å². The number of halogens is 2. The van der Waals surface area contributed by atoms with Crippen LogP contribution < -0.4 is 4.90 Å². The highest BCUT2D eigenvalue weighted by atomic mass is 79.9. The summed E-state index contributed by atoms with van der Waals surface area (Å²) < 4.78 is 1.00. The summed E-state index contributed by atoms with van der Waals surface area (Å²) in [4.78, 5) is 13.7. The van der Waals surface area contributed by atoms with Gasteiger partial charge in [0.1, 0.15) is 0 Å². The second-order valence-corrected chi connectivity index (χ2v) is 5.60. The fourth-order valence-corrected chi connectivity index (χ4v) is 2.69. The lowest BCUT2D eigenvalue weighted by Crippen LogP contribution is -2.41. The quantitative estimate of drug-likeness (QED) is 0.722. The van der Waals surface area contributed by atoms with E-state index >= 15 is 0 Å². The van der Waals surface area contributed by atoms with E-state index in [1.165, 1.54) is 0 Å². The molecule has 1 heterocycles. The van der Waals surface area contributed by atoms with Crippen molar-refractivity contribution in [1.82, 2.24) is 0 Å². The third-order valence-electron chi connectivity index (χ3n) is 2.49. The zero-order valence-corrected chi connectivity index (χ0v) is 11.3. The fourth-order valence-electron chi connectivity index (χ4n) is 1.73. The molecule has 1 aromatic rings. The van der Waals surface area contributed by atoms with E-state index in [-0.39, 0.29) is 10.7 Å². The second-order valence-electron chi connectivity index (χ2n) is 3.58. The van der Waals surface area contributed by atoms with Crippen molar-refractivity contribution < 1.29 is 4.79 Å². The summed E-state index contributed by atoms with van der Waals surface area (Å²) in [6.07, 6.45) is 1.98. The lowest BCUT2D eigenvalue weighted by atomic mass is 10.1. The fraction of sp³-hybridized carbons (Fsp3) is 0.364. The molecular formula is C11H11Br2NO. The topological polar surface area (TPSA) is 20.3 Å². The minimum Gasteiger partial charge on any atom is -0.311 e. The Morgan fingerprint density at radius 2 is 2.20 bits per heavy atom. The van der Waals surface area contributed by atoms with Crippen LogP contribution in [-0.2, 0) is 4.79 Å². The van der Waals surface area contributed by atoms with Gasteiger partial charge in [-0.05, 0) is 31.0 Å². The van der Waals surface area contributed by atoms with Crippen LogP contribution in [-0.4, -0.2) is 17.3 Å². The number of benzene rings is 1. The first-order chi connectivity index (χ1) is 7.18. The highest BCUT2D eigenvalue weighted by Gasteiger charge is 2.27. The van der Waals surface area contributed by atoms with Gasteiger partial charge in [0.25, 0.3) is 0 Å². The molecule has 2 rings (SSSR count). The van der Waals surface area contributed by atoms with E-state index in [4.69, 9.17) is 0 Å². The number of amides is 1. The molecule has 80 valence electrons. The molecule has 0 bridgehead atoms. The number of rotatable bonds is 1. The maximum absolute atomic E-state index is 11.9. The molecule has 1 amide bonds. The highest BCUT2D eigenvalue weighted by molar-refractivity contribution is 9.10. The molecule has 0 aliphatic carbocycles. The summed E-state index contributed by atoms with van der Waals surface area (Å²) in [5.74, 6) is 0.166. The van der Waals surface area contributed by atoms with Crippen LogP contribution in [0.15, 0.2) is 28.7 Å². The molecule has 1 unspecified atom stereocenters.